The molecule has 3 nitrogen and oxygen atoms in total. The third kappa shape index (κ3) is 2.97. The second-order valence-corrected chi connectivity index (χ2v) is 3.30. The van der Waals surface area contributed by atoms with Crippen LogP contribution in [0.5, 0.6) is 0 Å². The Kier molecular flexibility index (Phi) is 4.11. The molecular formula is C11H11F3O3. The summed E-state index contributed by atoms with van der Waals surface area (Å²) in [6, 6.07) is 3.79. The van der Waals surface area contributed by atoms with E-state index in [1.54, 1.807) is 0 Å². The van der Waals surface area contributed by atoms with Gasteiger partial charge in [-0.15, -0.1) is 0 Å². The summed E-state index contributed by atoms with van der Waals surface area (Å²) in [6.07, 6.45) is -2.36. The number of aliphatic hydroxyl groups excluding tert-OH is 1. The van der Waals surface area contributed by atoms with Crippen molar-refractivity contribution in [3.8, 4) is 0 Å². The van der Waals surface area contributed by atoms with Gasteiger partial charge < -0.3 is 9.84 Å². The molecule has 0 aliphatic carbocycles. The Morgan fingerprint density at radius 1 is 1.41 bits per heavy atom. The summed E-state index contributed by atoms with van der Waals surface area (Å²) in [4.78, 5) is 10.9. The maximum absolute atomic E-state index is 13.4. The van der Waals surface area contributed by atoms with Crippen LogP contribution in [-0.2, 0) is 9.53 Å². The number of carbonyl (C=O) groups excluding carboxylic acids is 1. The summed E-state index contributed by atoms with van der Waals surface area (Å²) < 4.78 is 43.4. The highest BCUT2D eigenvalue weighted by Crippen LogP contribution is 2.32. The van der Waals surface area contributed by atoms with Crippen LogP contribution in [-0.4, -0.2) is 23.6 Å². The molecule has 0 aliphatic rings. The van der Waals surface area contributed by atoms with Crippen molar-refractivity contribution in [2.24, 2.45) is 0 Å². The lowest BCUT2D eigenvalue weighted by Crippen LogP contribution is -2.37. The minimum atomic E-state index is -4.06. The number of alkyl halides is 2. The molecule has 0 fully saturated rings. The fraction of sp³-hybridized carbons (Fsp3) is 0.364. The van der Waals surface area contributed by atoms with Crippen molar-refractivity contribution < 1.29 is 27.8 Å². The third-order valence-corrected chi connectivity index (χ3v) is 2.08. The van der Waals surface area contributed by atoms with Gasteiger partial charge in [-0.05, 0) is 24.6 Å². The molecule has 1 aromatic rings. The maximum Gasteiger partial charge on any atom is 0.380 e. The van der Waals surface area contributed by atoms with E-state index in [9.17, 15) is 23.1 Å². The first-order valence-electron chi connectivity index (χ1n) is 4.88. The fourth-order valence-corrected chi connectivity index (χ4v) is 1.19. The normalized spacial score (nSPS) is 13.2. The van der Waals surface area contributed by atoms with Crippen LogP contribution < -0.4 is 0 Å². The number of aliphatic hydroxyl groups is 1. The zero-order valence-corrected chi connectivity index (χ0v) is 8.99. The van der Waals surface area contributed by atoms with E-state index < -0.39 is 23.8 Å². The van der Waals surface area contributed by atoms with Crippen molar-refractivity contribution in [2.45, 2.75) is 19.0 Å². The van der Waals surface area contributed by atoms with E-state index in [4.69, 9.17) is 0 Å². The Hall–Kier alpha value is -1.56. The molecule has 0 amide bonds. The molecule has 6 heteroatoms. The van der Waals surface area contributed by atoms with E-state index in [1.165, 1.54) is 6.92 Å². The molecular weight excluding hydrogens is 237 g/mol. The summed E-state index contributed by atoms with van der Waals surface area (Å²) in [5, 5.41) is 9.36. The summed E-state index contributed by atoms with van der Waals surface area (Å²) in [5.41, 5.74) is -0.260. The topological polar surface area (TPSA) is 46.5 Å². The predicted molar refractivity (Wildman–Crippen MR) is 52.9 cm³/mol. The van der Waals surface area contributed by atoms with Crippen LogP contribution in [0.25, 0.3) is 0 Å². The first-order chi connectivity index (χ1) is 7.89. The molecule has 1 N–H and O–H groups in total. The zero-order valence-electron chi connectivity index (χ0n) is 8.99. The smallest absolute Gasteiger partial charge is 0.380 e. The van der Waals surface area contributed by atoms with Gasteiger partial charge in [0.05, 0.1) is 6.61 Å². The van der Waals surface area contributed by atoms with Gasteiger partial charge in [-0.25, -0.2) is 9.18 Å². The first-order valence-corrected chi connectivity index (χ1v) is 4.88. The number of benzene rings is 1. The molecule has 0 unspecified atom stereocenters. The number of esters is 1. The van der Waals surface area contributed by atoms with Gasteiger partial charge in [0.25, 0.3) is 0 Å². The summed E-state index contributed by atoms with van der Waals surface area (Å²) in [5.74, 6) is -6.49. The maximum atomic E-state index is 13.4. The van der Waals surface area contributed by atoms with Crippen LogP contribution in [0.3, 0.4) is 0 Å². The summed E-state index contributed by atoms with van der Waals surface area (Å²) in [6.45, 7) is 1.16. The van der Waals surface area contributed by atoms with E-state index in [2.05, 4.69) is 4.74 Å². The SMILES string of the molecule is CCOC(=O)C(F)(F)[C@@H](O)c1ccc(F)cc1. The van der Waals surface area contributed by atoms with Crippen LogP contribution in [0.15, 0.2) is 24.3 Å². The molecule has 0 heterocycles. The number of rotatable bonds is 4. The Balaban J connectivity index is 2.91. The number of ether oxygens (including phenoxy) is 1. The van der Waals surface area contributed by atoms with E-state index in [0.717, 1.165) is 24.3 Å². The number of hydrogen-bond acceptors (Lipinski definition) is 3. The molecule has 1 aromatic carbocycles. The highest BCUT2D eigenvalue weighted by molar-refractivity contribution is 5.78. The Morgan fingerprint density at radius 3 is 2.41 bits per heavy atom. The van der Waals surface area contributed by atoms with Gasteiger partial charge in [-0.2, -0.15) is 8.78 Å². The van der Waals surface area contributed by atoms with Gasteiger partial charge in [0.2, 0.25) is 0 Å². The Bertz CT molecular complexity index is 389. The molecule has 94 valence electrons. The average molecular weight is 248 g/mol. The van der Waals surface area contributed by atoms with Crippen LogP contribution in [0.1, 0.15) is 18.6 Å². The van der Waals surface area contributed by atoms with Crippen LogP contribution >= 0.6 is 0 Å². The molecule has 0 spiro atoms. The van der Waals surface area contributed by atoms with Crippen LogP contribution in [0.4, 0.5) is 13.2 Å². The van der Waals surface area contributed by atoms with E-state index in [-0.39, 0.29) is 12.2 Å². The molecule has 1 atom stereocenters. The minimum absolute atomic E-state index is 0.218. The van der Waals surface area contributed by atoms with Gasteiger partial charge in [-0.1, -0.05) is 12.1 Å². The Labute approximate surface area is 95.8 Å². The second-order valence-electron chi connectivity index (χ2n) is 3.30. The van der Waals surface area contributed by atoms with E-state index in [1.807, 2.05) is 0 Å². The van der Waals surface area contributed by atoms with Crippen molar-refractivity contribution in [1.82, 2.24) is 0 Å². The molecule has 0 saturated heterocycles. The molecule has 0 saturated carbocycles. The van der Waals surface area contributed by atoms with Crippen molar-refractivity contribution in [3.63, 3.8) is 0 Å². The summed E-state index contributed by atoms with van der Waals surface area (Å²) >= 11 is 0. The van der Waals surface area contributed by atoms with Crippen molar-refractivity contribution in [1.29, 1.82) is 0 Å². The van der Waals surface area contributed by atoms with Gasteiger partial charge in [0.1, 0.15) is 5.82 Å². The van der Waals surface area contributed by atoms with E-state index in [0.29, 0.717) is 0 Å². The van der Waals surface area contributed by atoms with Crippen LogP contribution in [0, 0.1) is 5.82 Å². The zero-order chi connectivity index (χ0) is 13.1. The molecule has 17 heavy (non-hydrogen) atoms. The lowest BCUT2D eigenvalue weighted by molar-refractivity contribution is -0.189. The van der Waals surface area contributed by atoms with Crippen molar-refractivity contribution >= 4 is 5.97 Å². The van der Waals surface area contributed by atoms with Gasteiger partial charge in [0.15, 0.2) is 6.10 Å². The number of halogens is 3. The fourth-order valence-electron chi connectivity index (χ4n) is 1.19. The molecule has 0 aromatic heterocycles. The second kappa shape index (κ2) is 5.18. The van der Waals surface area contributed by atoms with Gasteiger partial charge in [-0.3, -0.25) is 0 Å². The highest BCUT2D eigenvalue weighted by atomic mass is 19.3. The van der Waals surface area contributed by atoms with E-state index >= 15 is 0 Å². The monoisotopic (exact) mass is 248 g/mol. The largest absolute Gasteiger partial charge is 0.461 e. The standard InChI is InChI=1S/C11H11F3O3/c1-2-17-10(16)11(13,14)9(15)7-3-5-8(12)6-4-7/h3-6,9,15H,2H2,1H3/t9-/m0/s1. The molecule has 0 bridgehead atoms. The molecule has 0 aliphatic heterocycles. The number of hydrogen-bond donors (Lipinski definition) is 1. The van der Waals surface area contributed by atoms with Crippen molar-refractivity contribution in [2.75, 3.05) is 6.61 Å². The van der Waals surface area contributed by atoms with Gasteiger partial charge in [0, 0.05) is 0 Å². The molecule has 1 rings (SSSR count). The Morgan fingerprint density at radius 2 is 1.94 bits per heavy atom. The van der Waals surface area contributed by atoms with Gasteiger partial charge >= 0.3 is 11.9 Å². The third-order valence-electron chi connectivity index (χ3n) is 2.08. The number of carbonyl (C=O) groups is 1. The lowest BCUT2D eigenvalue weighted by Gasteiger charge is -2.20. The molecule has 0 radical (unpaired) electrons. The average Bonchev–Trinajstić information content (AvgIpc) is 2.29. The first kappa shape index (κ1) is 13.5. The predicted octanol–water partition coefficient (Wildman–Crippen LogP) is 2.06. The summed E-state index contributed by atoms with van der Waals surface area (Å²) in [7, 11) is 0. The van der Waals surface area contributed by atoms with Crippen LogP contribution in [0.2, 0.25) is 0 Å². The lowest BCUT2D eigenvalue weighted by atomic mass is 10.0. The van der Waals surface area contributed by atoms with Crippen molar-refractivity contribution in [3.05, 3.63) is 35.6 Å². The highest BCUT2D eigenvalue weighted by Gasteiger charge is 2.48. The quantitative estimate of drug-likeness (QED) is 0.829. The minimum Gasteiger partial charge on any atom is -0.461 e.